The van der Waals surface area contributed by atoms with E-state index in [-0.39, 0.29) is 17.7 Å². The molecule has 7 heteroatoms. The summed E-state index contributed by atoms with van der Waals surface area (Å²) in [5.74, 6) is 1.63. The summed E-state index contributed by atoms with van der Waals surface area (Å²) in [6.07, 6.45) is 2.18. The molecule has 0 saturated carbocycles. The summed E-state index contributed by atoms with van der Waals surface area (Å²) in [4.78, 5) is 13.4. The number of aromatic nitrogens is 4. The Balaban J connectivity index is 1.54. The van der Waals surface area contributed by atoms with Crippen molar-refractivity contribution in [3.05, 3.63) is 76.5 Å². The number of hydrogen-bond donors (Lipinski definition) is 1. The number of benzene rings is 2. The van der Waals surface area contributed by atoms with Gasteiger partial charge in [0.25, 0.3) is 0 Å². The number of carbonyl (C=O) groups is 1. The lowest BCUT2D eigenvalue weighted by Gasteiger charge is -2.34. The molecule has 1 aromatic heterocycles. The first-order valence-electron chi connectivity index (χ1n) is 10.2. The van der Waals surface area contributed by atoms with E-state index < -0.39 is 0 Å². The van der Waals surface area contributed by atoms with Crippen molar-refractivity contribution in [2.24, 2.45) is 0 Å². The van der Waals surface area contributed by atoms with Crippen LogP contribution >= 0.6 is 0 Å². The summed E-state index contributed by atoms with van der Waals surface area (Å²) in [7, 11) is 1.65. The number of methoxy groups -OCH3 is 1. The summed E-state index contributed by atoms with van der Waals surface area (Å²) in [5.41, 5.74) is 5.09. The molecule has 0 saturated heterocycles. The van der Waals surface area contributed by atoms with Crippen LogP contribution in [0.5, 0.6) is 5.75 Å². The second kappa shape index (κ2) is 7.40. The average Bonchev–Trinajstić information content (AvgIpc) is 3.26. The van der Waals surface area contributed by atoms with Crippen LogP contribution in [0.2, 0.25) is 0 Å². The van der Waals surface area contributed by atoms with E-state index in [0.29, 0.717) is 12.4 Å². The predicted molar refractivity (Wildman–Crippen MR) is 112 cm³/mol. The van der Waals surface area contributed by atoms with Gasteiger partial charge in [0.1, 0.15) is 11.8 Å². The van der Waals surface area contributed by atoms with Crippen molar-refractivity contribution in [1.82, 2.24) is 20.2 Å². The normalized spacial score (nSPS) is 20.4. The number of ether oxygens (including phenoxy) is 1. The van der Waals surface area contributed by atoms with E-state index in [9.17, 15) is 4.79 Å². The van der Waals surface area contributed by atoms with Crippen LogP contribution < -0.4 is 10.1 Å². The lowest BCUT2D eigenvalue weighted by molar-refractivity contribution is -0.116. The maximum Gasteiger partial charge on any atom is 0.248 e. The standard InChI is InChI=1S/C23H23N5O2/c1-3-14-4-6-16(7-5-14)22-21-19(24-23-25-26-27-28(22)23)12-17(13-20(21)29)15-8-10-18(30-2)11-9-15/h4-11,17,22H,3,12-13H2,1-2H3,(H,24,25,27)/t17-,22+/m0/s1. The molecule has 2 heterocycles. The third-order valence-corrected chi connectivity index (χ3v) is 6.07. The third kappa shape index (κ3) is 3.07. The number of aryl methyl sites for hydroxylation is 1. The van der Waals surface area contributed by atoms with Crippen molar-refractivity contribution in [1.29, 1.82) is 0 Å². The molecule has 152 valence electrons. The summed E-state index contributed by atoms with van der Waals surface area (Å²) in [5, 5.41) is 15.5. The van der Waals surface area contributed by atoms with E-state index in [1.54, 1.807) is 11.8 Å². The van der Waals surface area contributed by atoms with E-state index in [1.165, 1.54) is 5.56 Å². The van der Waals surface area contributed by atoms with Gasteiger partial charge in [0.05, 0.1) is 7.11 Å². The summed E-state index contributed by atoms with van der Waals surface area (Å²) >= 11 is 0. The number of fused-ring (bicyclic) bond motifs is 1. The minimum atomic E-state index is -0.304. The zero-order valence-corrected chi connectivity index (χ0v) is 17.0. The van der Waals surface area contributed by atoms with Crippen molar-refractivity contribution in [3.8, 4) is 5.75 Å². The molecule has 1 aliphatic carbocycles. The van der Waals surface area contributed by atoms with Crippen molar-refractivity contribution in [2.75, 3.05) is 12.4 Å². The fourth-order valence-electron chi connectivity index (χ4n) is 4.43. The van der Waals surface area contributed by atoms with Crippen molar-refractivity contribution < 1.29 is 9.53 Å². The SMILES string of the molecule is CCc1ccc([C@@H]2C3=C(C[C@H](c4ccc(OC)cc4)CC3=O)Nc3nnnn32)cc1. The van der Waals surface area contributed by atoms with Crippen LogP contribution in [-0.4, -0.2) is 33.1 Å². The van der Waals surface area contributed by atoms with Crippen LogP contribution in [0.1, 0.15) is 48.4 Å². The highest BCUT2D eigenvalue weighted by atomic mass is 16.5. The van der Waals surface area contributed by atoms with Crippen LogP contribution in [-0.2, 0) is 11.2 Å². The van der Waals surface area contributed by atoms with Gasteiger partial charge in [0.15, 0.2) is 5.78 Å². The molecular weight excluding hydrogens is 378 g/mol. The summed E-state index contributed by atoms with van der Waals surface area (Å²) in [6, 6.07) is 16.0. The Bertz CT molecular complexity index is 1120. The Labute approximate surface area is 174 Å². The largest absolute Gasteiger partial charge is 0.497 e. The Morgan fingerprint density at radius 2 is 1.80 bits per heavy atom. The number of anilines is 1. The molecule has 7 nitrogen and oxygen atoms in total. The first-order chi connectivity index (χ1) is 14.7. The zero-order chi connectivity index (χ0) is 20.7. The number of allylic oxidation sites excluding steroid dienone is 2. The molecule has 1 aliphatic heterocycles. The molecule has 0 amide bonds. The molecule has 5 rings (SSSR count). The average molecular weight is 401 g/mol. The monoisotopic (exact) mass is 401 g/mol. The van der Waals surface area contributed by atoms with E-state index in [1.807, 2.05) is 24.3 Å². The number of carbonyl (C=O) groups excluding carboxylic acids is 1. The van der Waals surface area contributed by atoms with Gasteiger partial charge in [-0.25, -0.2) is 0 Å². The van der Waals surface area contributed by atoms with Gasteiger partial charge < -0.3 is 10.1 Å². The second-order valence-corrected chi connectivity index (χ2v) is 7.76. The van der Waals surface area contributed by atoms with Crippen molar-refractivity contribution >= 4 is 11.7 Å². The van der Waals surface area contributed by atoms with Gasteiger partial charge in [0.2, 0.25) is 5.95 Å². The maximum atomic E-state index is 13.4. The number of nitrogens with one attached hydrogen (secondary N) is 1. The van der Waals surface area contributed by atoms with Gasteiger partial charge in [-0.15, -0.1) is 0 Å². The number of rotatable bonds is 4. The van der Waals surface area contributed by atoms with Crippen LogP contribution in [0.25, 0.3) is 0 Å². The molecule has 30 heavy (non-hydrogen) atoms. The van der Waals surface area contributed by atoms with Crippen LogP contribution in [0.4, 0.5) is 5.95 Å². The highest BCUT2D eigenvalue weighted by molar-refractivity contribution is 6.00. The minimum absolute atomic E-state index is 0.111. The van der Waals surface area contributed by atoms with Crippen LogP contribution in [0.15, 0.2) is 59.8 Å². The summed E-state index contributed by atoms with van der Waals surface area (Å²) < 4.78 is 6.97. The molecule has 0 radical (unpaired) electrons. The van der Waals surface area contributed by atoms with Crippen LogP contribution in [0, 0.1) is 0 Å². The first-order valence-corrected chi connectivity index (χ1v) is 10.2. The summed E-state index contributed by atoms with van der Waals surface area (Å²) in [6.45, 7) is 2.13. The Kier molecular flexibility index (Phi) is 4.58. The highest BCUT2D eigenvalue weighted by Crippen LogP contribution is 2.43. The molecule has 0 unspecified atom stereocenters. The number of Topliss-reactive ketones (excluding diaryl/α,β-unsaturated/α-hetero) is 1. The van der Waals surface area contributed by atoms with Crippen molar-refractivity contribution in [2.45, 2.75) is 38.1 Å². The van der Waals surface area contributed by atoms with E-state index >= 15 is 0 Å². The lowest BCUT2D eigenvalue weighted by Crippen LogP contribution is -2.33. The zero-order valence-electron chi connectivity index (χ0n) is 17.0. The molecule has 0 bridgehead atoms. The predicted octanol–water partition coefficient (Wildman–Crippen LogP) is 3.66. The van der Waals surface area contributed by atoms with Gasteiger partial charge in [0, 0.05) is 17.7 Å². The van der Waals surface area contributed by atoms with E-state index in [4.69, 9.17) is 4.74 Å². The molecular formula is C23H23N5O2. The molecule has 1 N–H and O–H groups in total. The number of hydrogen-bond acceptors (Lipinski definition) is 6. The first kappa shape index (κ1) is 18.5. The molecule has 0 spiro atoms. The third-order valence-electron chi connectivity index (χ3n) is 6.07. The minimum Gasteiger partial charge on any atom is -0.497 e. The Hall–Kier alpha value is -3.48. The van der Waals surface area contributed by atoms with Gasteiger partial charge >= 0.3 is 0 Å². The molecule has 0 fully saturated rings. The topological polar surface area (TPSA) is 81.9 Å². The van der Waals surface area contributed by atoms with Gasteiger partial charge in [-0.1, -0.05) is 48.4 Å². The molecule has 3 aromatic rings. The number of ketones is 1. The smallest absolute Gasteiger partial charge is 0.248 e. The Morgan fingerprint density at radius 1 is 1.07 bits per heavy atom. The fraction of sp³-hybridized carbons (Fsp3) is 0.304. The molecule has 2 aromatic carbocycles. The fourth-order valence-corrected chi connectivity index (χ4v) is 4.43. The van der Waals surface area contributed by atoms with Gasteiger partial charge in [-0.2, -0.15) is 4.68 Å². The van der Waals surface area contributed by atoms with Gasteiger partial charge in [-0.3, -0.25) is 4.79 Å². The molecule has 2 atom stereocenters. The Morgan fingerprint density at radius 3 is 2.50 bits per heavy atom. The second-order valence-electron chi connectivity index (χ2n) is 7.76. The van der Waals surface area contributed by atoms with Crippen molar-refractivity contribution in [3.63, 3.8) is 0 Å². The highest BCUT2D eigenvalue weighted by Gasteiger charge is 2.39. The lowest BCUT2D eigenvalue weighted by atomic mass is 9.78. The van der Waals surface area contributed by atoms with Gasteiger partial charge in [-0.05, 0) is 58.0 Å². The number of nitrogens with zero attached hydrogens (tertiary/aromatic N) is 4. The maximum absolute atomic E-state index is 13.4. The molecule has 2 aliphatic rings. The van der Waals surface area contributed by atoms with Crippen LogP contribution in [0.3, 0.4) is 0 Å². The number of tetrazole rings is 1. The van der Waals surface area contributed by atoms with E-state index in [0.717, 1.165) is 41.0 Å². The quantitative estimate of drug-likeness (QED) is 0.719. The van der Waals surface area contributed by atoms with E-state index in [2.05, 4.69) is 52.0 Å².